The Bertz CT molecular complexity index is 1240. The lowest BCUT2D eigenvalue weighted by molar-refractivity contribution is -0.137. The minimum absolute atomic E-state index is 0.0569. The predicted octanol–water partition coefficient (Wildman–Crippen LogP) is 9.60. The maximum atomic E-state index is 13.6. The second-order valence-electron chi connectivity index (χ2n) is 13.3. The van der Waals surface area contributed by atoms with Crippen LogP contribution in [0.15, 0.2) is 91.0 Å². The number of unbranched alkanes of at least 4 members (excludes halogenated alkanes) is 10. The largest absolute Gasteiger partial charge is 0.340 e. The summed E-state index contributed by atoms with van der Waals surface area (Å²) in [5.74, 6) is 0.317. The van der Waals surface area contributed by atoms with E-state index in [0.717, 1.165) is 31.5 Å². The van der Waals surface area contributed by atoms with Crippen molar-refractivity contribution >= 4 is 11.8 Å². The smallest absolute Gasteiger partial charge is 0.224 e. The zero-order valence-corrected chi connectivity index (χ0v) is 29.2. The van der Waals surface area contributed by atoms with Crippen molar-refractivity contribution in [3.63, 3.8) is 0 Å². The van der Waals surface area contributed by atoms with Gasteiger partial charge in [-0.15, -0.1) is 0 Å². The first-order valence-corrected chi connectivity index (χ1v) is 18.5. The third-order valence-electron chi connectivity index (χ3n) is 9.89. The maximum Gasteiger partial charge on any atom is 0.224 e. The summed E-state index contributed by atoms with van der Waals surface area (Å²) >= 11 is 0. The molecule has 0 bridgehead atoms. The molecule has 0 aromatic heterocycles. The predicted molar refractivity (Wildman–Crippen MR) is 195 cm³/mol. The van der Waals surface area contributed by atoms with Gasteiger partial charge in [-0.1, -0.05) is 162 Å². The fraction of sp³-hybridized carbons (Fsp3) is 0.524. The summed E-state index contributed by atoms with van der Waals surface area (Å²) in [5.41, 5.74) is 3.68. The van der Waals surface area contributed by atoms with Gasteiger partial charge >= 0.3 is 0 Å². The SMILES string of the molecule is CCCCCCCCCCCCCC(=O)N(CCC(=O)N1CCN(C(c2ccccc2)c2ccccc2)CC1)C(C)c1ccccc1. The number of nitrogens with zero attached hydrogens (tertiary/aromatic N) is 3. The van der Waals surface area contributed by atoms with Crippen molar-refractivity contribution < 1.29 is 9.59 Å². The lowest BCUT2D eigenvalue weighted by atomic mass is 9.96. The molecule has 0 aliphatic carbocycles. The van der Waals surface area contributed by atoms with Gasteiger partial charge in [-0.3, -0.25) is 14.5 Å². The molecular formula is C42H59N3O2. The monoisotopic (exact) mass is 637 g/mol. The van der Waals surface area contributed by atoms with E-state index in [2.05, 4.69) is 91.5 Å². The van der Waals surface area contributed by atoms with Gasteiger partial charge in [0.2, 0.25) is 11.8 Å². The van der Waals surface area contributed by atoms with Gasteiger partial charge in [0.25, 0.3) is 0 Å². The van der Waals surface area contributed by atoms with Crippen molar-refractivity contribution in [3.05, 3.63) is 108 Å². The second kappa shape index (κ2) is 20.7. The van der Waals surface area contributed by atoms with Crippen LogP contribution in [-0.4, -0.2) is 59.2 Å². The zero-order chi connectivity index (χ0) is 33.1. The first-order valence-electron chi connectivity index (χ1n) is 18.5. The van der Waals surface area contributed by atoms with Gasteiger partial charge in [-0.25, -0.2) is 0 Å². The van der Waals surface area contributed by atoms with E-state index in [4.69, 9.17) is 0 Å². The lowest BCUT2D eigenvalue weighted by Crippen LogP contribution is -2.50. The molecule has 0 saturated carbocycles. The summed E-state index contributed by atoms with van der Waals surface area (Å²) in [6.07, 6.45) is 14.9. The molecule has 1 saturated heterocycles. The molecule has 0 radical (unpaired) electrons. The first kappa shape index (κ1) is 36.4. The Morgan fingerprint density at radius 1 is 0.596 bits per heavy atom. The van der Waals surface area contributed by atoms with Gasteiger partial charge in [0.1, 0.15) is 0 Å². The standard InChI is InChI=1S/C42H59N3O2/c1-3-4-5-6-7-8-9-10-11-12-22-29-41(47)45(36(2)37-23-16-13-17-24-37)31-30-40(46)43-32-34-44(35-33-43)42(38-25-18-14-19-26-38)39-27-20-15-21-28-39/h13-21,23-28,36,42H,3-12,22,29-35H2,1-2H3. The number of carbonyl (C=O) groups is 2. The molecule has 1 unspecified atom stereocenters. The van der Waals surface area contributed by atoms with Crippen LogP contribution in [0.25, 0.3) is 0 Å². The third-order valence-corrected chi connectivity index (χ3v) is 9.89. The van der Waals surface area contributed by atoms with E-state index < -0.39 is 0 Å². The van der Waals surface area contributed by atoms with E-state index in [-0.39, 0.29) is 23.9 Å². The Hall–Kier alpha value is -3.44. The highest BCUT2D eigenvalue weighted by Gasteiger charge is 2.29. The number of piperazine rings is 1. The van der Waals surface area contributed by atoms with Crippen molar-refractivity contribution in [2.75, 3.05) is 32.7 Å². The van der Waals surface area contributed by atoms with Crippen molar-refractivity contribution in [3.8, 4) is 0 Å². The number of hydrogen-bond acceptors (Lipinski definition) is 3. The second-order valence-corrected chi connectivity index (χ2v) is 13.3. The molecule has 1 aliphatic heterocycles. The molecule has 4 rings (SSSR count). The Kier molecular flexibility index (Phi) is 16.0. The van der Waals surface area contributed by atoms with E-state index in [1.165, 1.54) is 68.9 Å². The maximum absolute atomic E-state index is 13.6. The highest BCUT2D eigenvalue weighted by atomic mass is 16.2. The Labute approximate surface area is 285 Å². The van der Waals surface area contributed by atoms with Gasteiger partial charge in [-0.05, 0) is 30.0 Å². The molecular weight excluding hydrogens is 578 g/mol. The summed E-state index contributed by atoms with van der Waals surface area (Å²) in [7, 11) is 0. The van der Waals surface area contributed by atoms with E-state index in [9.17, 15) is 9.59 Å². The van der Waals surface area contributed by atoms with Crippen molar-refractivity contribution in [1.82, 2.24) is 14.7 Å². The minimum atomic E-state index is -0.0569. The fourth-order valence-electron chi connectivity index (χ4n) is 7.02. The number of hydrogen-bond donors (Lipinski definition) is 0. The average Bonchev–Trinajstić information content (AvgIpc) is 3.12. The van der Waals surface area contributed by atoms with Crippen molar-refractivity contribution in [2.45, 2.75) is 109 Å². The van der Waals surface area contributed by atoms with Crippen LogP contribution in [0.5, 0.6) is 0 Å². The molecule has 3 aromatic rings. The lowest BCUT2D eigenvalue weighted by Gasteiger charge is -2.40. The highest BCUT2D eigenvalue weighted by molar-refractivity contribution is 5.79. The van der Waals surface area contributed by atoms with E-state index >= 15 is 0 Å². The molecule has 5 heteroatoms. The fourth-order valence-corrected chi connectivity index (χ4v) is 7.02. The summed E-state index contributed by atoms with van der Waals surface area (Å²) in [6.45, 7) is 7.88. The molecule has 47 heavy (non-hydrogen) atoms. The Morgan fingerprint density at radius 3 is 1.53 bits per heavy atom. The number of rotatable bonds is 20. The third kappa shape index (κ3) is 11.9. The van der Waals surface area contributed by atoms with Crippen LogP contribution in [-0.2, 0) is 9.59 Å². The highest BCUT2D eigenvalue weighted by Crippen LogP contribution is 2.30. The summed E-state index contributed by atoms with van der Waals surface area (Å²) in [4.78, 5) is 33.6. The average molecular weight is 638 g/mol. The van der Waals surface area contributed by atoms with Crippen LogP contribution in [0, 0.1) is 0 Å². The zero-order valence-electron chi connectivity index (χ0n) is 29.2. The van der Waals surface area contributed by atoms with E-state index in [1.54, 1.807) is 0 Å². The van der Waals surface area contributed by atoms with Gasteiger partial charge in [-0.2, -0.15) is 0 Å². The van der Waals surface area contributed by atoms with Crippen LogP contribution in [0.3, 0.4) is 0 Å². The molecule has 0 N–H and O–H groups in total. The van der Waals surface area contributed by atoms with Gasteiger partial charge < -0.3 is 9.80 Å². The summed E-state index contributed by atoms with van der Waals surface area (Å²) in [6, 6.07) is 31.7. The van der Waals surface area contributed by atoms with Crippen LogP contribution in [0.2, 0.25) is 0 Å². The number of benzene rings is 3. The van der Waals surface area contributed by atoms with Crippen LogP contribution < -0.4 is 0 Å². The Morgan fingerprint density at radius 2 is 1.04 bits per heavy atom. The summed E-state index contributed by atoms with van der Waals surface area (Å²) in [5, 5.41) is 0. The number of amides is 2. The van der Waals surface area contributed by atoms with E-state index in [0.29, 0.717) is 32.5 Å². The molecule has 2 amide bonds. The molecule has 1 fully saturated rings. The van der Waals surface area contributed by atoms with Crippen LogP contribution >= 0.6 is 0 Å². The quantitative estimate of drug-likeness (QED) is 0.116. The molecule has 0 spiro atoms. The van der Waals surface area contributed by atoms with Crippen molar-refractivity contribution in [2.24, 2.45) is 0 Å². The van der Waals surface area contributed by atoms with E-state index in [1.807, 2.05) is 28.0 Å². The molecule has 1 atom stereocenters. The van der Waals surface area contributed by atoms with Gasteiger partial charge in [0.15, 0.2) is 0 Å². The van der Waals surface area contributed by atoms with Crippen LogP contribution in [0.1, 0.15) is 126 Å². The number of carbonyl (C=O) groups excluding carboxylic acids is 2. The molecule has 5 nitrogen and oxygen atoms in total. The minimum Gasteiger partial charge on any atom is -0.340 e. The molecule has 1 heterocycles. The summed E-state index contributed by atoms with van der Waals surface area (Å²) < 4.78 is 0. The topological polar surface area (TPSA) is 43.9 Å². The molecule has 1 aliphatic rings. The molecule has 3 aromatic carbocycles. The van der Waals surface area contributed by atoms with Gasteiger partial charge in [0, 0.05) is 45.6 Å². The molecule has 254 valence electrons. The normalized spacial score (nSPS) is 14.3. The van der Waals surface area contributed by atoms with Crippen molar-refractivity contribution in [1.29, 1.82) is 0 Å². The van der Waals surface area contributed by atoms with Crippen LogP contribution in [0.4, 0.5) is 0 Å². The Balaban J connectivity index is 1.26. The first-order chi connectivity index (χ1) is 23.1. The van der Waals surface area contributed by atoms with Gasteiger partial charge in [0.05, 0.1) is 12.1 Å².